The van der Waals surface area contributed by atoms with E-state index >= 15 is 0 Å². The molecule has 0 heterocycles. The molecule has 90 valence electrons. The molecule has 0 amide bonds. The maximum atomic E-state index is 5.92. The van der Waals surface area contributed by atoms with Crippen molar-refractivity contribution in [3.63, 3.8) is 0 Å². The molecular formula is C12H27NOSi. The molecule has 0 N–H and O–H groups in total. The molecule has 0 aliphatic heterocycles. The highest BCUT2D eigenvalue weighted by Crippen LogP contribution is 2.12. The summed E-state index contributed by atoms with van der Waals surface area (Å²) in [5, 5.41) is 0. The fourth-order valence-corrected chi connectivity index (χ4v) is 2.80. The largest absolute Gasteiger partial charge is 0.548 e. The minimum atomic E-state index is -1.43. The van der Waals surface area contributed by atoms with Crippen LogP contribution in [0.1, 0.15) is 27.7 Å². The van der Waals surface area contributed by atoms with Crippen molar-refractivity contribution in [3.8, 4) is 0 Å². The van der Waals surface area contributed by atoms with Crippen LogP contribution in [-0.4, -0.2) is 32.3 Å². The molecule has 15 heavy (non-hydrogen) atoms. The van der Waals surface area contributed by atoms with Crippen molar-refractivity contribution in [1.29, 1.82) is 0 Å². The van der Waals surface area contributed by atoms with Crippen molar-refractivity contribution in [2.75, 3.05) is 13.1 Å². The van der Waals surface area contributed by atoms with Crippen LogP contribution < -0.4 is 0 Å². The molecule has 0 aromatic carbocycles. The minimum Gasteiger partial charge on any atom is -0.548 e. The lowest BCUT2D eigenvalue weighted by Gasteiger charge is -2.26. The first-order valence-corrected chi connectivity index (χ1v) is 9.32. The number of hydrogen-bond donors (Lipinski definition) is 0. The van der Waals surface area contributed by atoms with Gasteiger partial charge in [-0.1, -0.05) is 13.8 Å². The van der Waals surface area contributed by atoms with Crippen LogP contribution in [0.5, 0.6) is 0 Å². The summed E-state index contributed by atoms with van der Waals surface area (Å²) >= 11 is 0. The molecule has 3 heteroatoms. The van der Waals surface area contributed by atoms with E-state index in [2.05, 4.69) is 58.3 Å². The molecule has 0 saturated carbocycles. The Bertz CT molecular complexity index is 204. The molecule has 0 spiro atoms. The first kappa shape index (κ1) is 14.7. The molecule has 0 rings (SSSR count). The molecule has 0 aromatic heterocycles. The fourth-order valence-electron chi connectivity index (χ4n) is 1.76. The van der Waals surface area contributed by atoms with Crippen LogP contribution >= 0.6 is 0 Å². The van der Waals surface area contributed by atoms with Gasteiger partial charge in [0.25, 0.3) is 0 Å². The summed E-state index contributed by atoms with van der Waals surface area (Å²) in [5.74, 6) is 1.08. The quantitative estimate of drug-likeness (QED) is 0.511. The zero-order valence-electron chi connectivity index (χ0n) is 11.4. The predicted octanol–water partition coefficient (Wildman–Crippen LogP) is 3.47. The second-order valence-corrected chi connectivity index (χ2v) is 9.38. The first-order valence-electron chi connectivity index (χ1n) is 5.91. The topological polar surface area (TPSA) is 12.5 Å². The smallest absolute Gasteiger partial charge is 0.241 e. The van der Waals surface area contributed by atoms with Crippen LogP contribution in [0, 0.1) is 0 Å². The van der Waals surface area contributed by atoms with Gasteiger partial charge in [-0.15, -0.1) is 0 Å². The maximum absolute atomic E-state index is 5.92. The average Bonchev–Trinajstić information content (AvgIpc) is 2.02. The second-order valence-electron chi connectivity index (χ2n) is 4.95. The van der Waals surface area contributed by atoms with Gasteiger partial charge in [0.2, 0.25) is 8.32 Å². The van der Waals surface area contributed by atoms with Crippen molar-refractivity contribution in [2.24, 2.45) is 0 Å². The highest BCUT2D eigenvalue weighted by atomic mass is 28.4. The van der Waals surface area contributed by atoms with Crippen molar-refractivity contribution in [1.82, 2.24) is 4.90 Å². The molecule has 0 aliphatic rings. The first-order chi connectivity index (χ1) is 6.80. The van der Waals surface area contributed by atoms with Gasteiger partial charge < -0.3 is 4.43 Å². The van der Waals surface area contributed by atoms with Gasteiger partial charge in [0, 0.05) is 6.04 Å². The van der Waals surface area contributed by atoms with Crippen molar-refractivity contribution in [3.05, 3.63) is 11.8 Å². The summed E-state index contributed by atoms with van der Waals surface area (Å²) in [7, 11) is -1.43. The zero-order valence-corrected chi connectivity index (χ0v) is 12.4. The standard InChI is InChI=1S/C12H27NOSi/c1-8-13(9-2)11(3)10-12(4)14-15(5,6)7/h10-11H,8-9H2,1-7H3/b12-10-. The van der Waals surface area contributed by atoms with Crippen LogP contribution in [0.3, 0.4) is 0 Å². The number of nitrogens with zero attached hydrogens (tertiary/aromatic N) is 1. The summed E-state index contributed by atoms with van der Waals surface area (Å²) in [6.45, 7) is 17.5. The zero-order chi connectivity index (χ0) is 12.1. The van der Waals surface area contributed by atoms with E-state index in [4.69, 9.17) is 4.43 Å². The highest BCUT2D eigenvalue weighted by Gasteiger charge is 2.16. The highest BCUT2D eigenvalue weighted by molar-refractivity contribution is 6.70. The van der Waals surface area contributed by atoms with E-state index in [0.29, 0.717) is 6.04 Å². The monoisotopic (exact) mass is 229 g/mol. The van der Waals surface area contributed by atoms with Gasteiger partial charge in [-0.25, -0.2) is 0 Å². The Labute approximate surface area is 96.4 Å². The number of rotatable bonds is 6. The lowest BCUT2D eigenvalue weighted by Crippen LogP contribution is -2.32. The van der Waals surface area contributed by atoms with Crippen LogP contribution in [-0.2, 0) is 4.43 Å². The predicted molar refractivity (Wildman–Crippen MR) is 70.6 cm³/mol. The van der Waals surface area contributed by atoms with Crippen molar-refractivity contribution >= 4 is 8.32 Å². The summed E-state index contributed by atoms with van der Waals surface area (Å²) < 4.78 is 5.92. The Balaban J connectivity index is 4.34. The summed E-state index contributed by atoms with van der Waals surface area (Å²) in [6, 6.07) is 0.469. The van der Waals surface area contributed by atoms with E-state index in [1.807, 2.05) is 0 Å². The third-order valence-corrected chi connectivity index (χ3v) is 3.27. The number of likely N-dealkylation sites (N-methyl/N-ethyl adjacent to an activating group) is 1. The molecule has 0 aromatic rings. The Morgan fingerprint density at radius 2 is 1.73 bits per heavy atom. The molecule has 2 nitrogen and oxygen atoms in total. The molecule has 0 radical (unpaired) electrons. The van der Waals surface area contributed by atoms with E-state index in [1.54, 1.807) is 0 Å². The number of hydrogen-bond acceptors (Lipinski definition) is 2. The van der Waals surface area contributed by atoms with Crippen LogP contribution in [0.15, 0.2) is 11.8 Å². The van der Waals surface area contributed by atoms with E-state index in [0.717, 1.165) is 18.8 Å². The summed E-state index contributed by atoms with van der Waals surface area (Å²) in [6.07, 6.45) is 2.23. The molecule has 0 fully saturated rings. The Hall–Kier alpha value is -0.283. The van der Waals surface area contributed by atoms with E-state index in [9.17, 15) is 0 Å². The average molecular weight is 229 g/mol. The third-order valence-electron chi connectivity index (χ3n) is 2.33. The molecular weight excluding hydrogens is 202 g/mol. The van der Waals surface area contributed by atoms with Gasteiger partial charge in [0.15, 0.2) is 0 Å². The SMILES string of the molecule is CCN(CC)C(C)/C=C(/C)O[Si](C)(C)C. The second kappa shape index (κ2) is 6.33. The van der Waals surface area contributed by atoms with E-state index in [-0.39, 0.29) is 0 Å². The molecule has 1 unspecified atom stereocenters. The van der Waals surface area contributed by atoms with Crippen LogP contribution in [0.4, 0.5) is 0 Å². The van der Waals surface area contributed by atoms with Gasteiger partial charge in [-0.3, -0.25) is 4.90 Å². The lowest BCUT2D eigenvalue weighted by atomic mass is 10.2. The summed E-state index contributed by atoms with van der Waals surface area (Å²) in [4.78, 5) is 2.41. The minimum absolute atomic E-state index is 0.469. The van der Waals surface area contributed by atoms with Crippen LogP contribution in [0.2, 0.25) is 19.6 Å². The summed E-state index contributed by atoms with van der Waals surface area (Å²) in [5.41, 5.74) is 0. The van der Waals surface area contributed by atoms with Crippen molar-refractivity contribution < 1.29 is 4.43 Å². The Morgan fingerprint density at radius 1 is 1.27 bits per heavy atom. The van der Waals surface area contributed by atoms with Crippen molar-refractivity contribution in [2.45, 2.75) is 53.4 Å². The van der Waals surface area contributed by atoms with Gasteiger partial charge >= 0.3 is 0 Å². The van der Waals surface area contributed by atoms with Crippen LogP contribution in [0.25, 0.3) is 0 Å². The van der Waals surface area contributed by atoms with Gasteiger partial charge in [-0.05, 0) is 52.7 Å². The van der Waals surface area contributed by atoms with E-state index < -0.39 is 8.32 Å². The maximum Gasteiger partial charge on any atom is 0.241 e. The van der Waals surface area contributed by atoms with Gasteiger partial charge in [0.1, 0.15) is 0 Å². The molecule has 0 saturated heterocycles. The fraction of sp³-hybridized carbons (Fsp3) is 0.833. The molecule has 0 aliphatic carbocycles. The number of allylic oxidation sites excluding steroid dienone is 1. The third kappa shape index (κ3) is 6.74. The Kier molecular flexibility index (Phi) is 6.21. The van der Waals surface area contributed by atoms with Gasteiger partial charge in [-0.2, -0.15) is 0 Å². The molecule has 1 atom stereocenters. The van der Waals surface area contributed by atoms with Gasteiger partial charge in [0.05, 0.1) is 5.76 Å². The lowest BCUT2D eigenvalue weighted by molar-refractivity contribution is 0.262. The van der Waals surface area contributed by atoms with E-state index in [1.165, 1.54) is 0 Å². The normalized spacial score (nSPS) is 15.6. The Morgan fingerprint density at radius 3 is 2.07 bits per heavy atom. The molecule has 0 bridgehead atoms.